The molecule has 1 aromatic carbocycles. The number of carbonyl (C=O) groups is 2. The summed E-state index contributed by atoms with van der Waals surface area (Å²) >= 11 is 0. The van der Waals surface area contributed by atoms with E-state index in [1.165, 1.54) is 0 Å². The molecule has 7 nitrogen and oxygen atoms in total. The van der Waals surface area contributed by atoms with Gasteiger partial charge in [-0.25, -0.2) is 13.1 Å². The Kier molecular flexibility index (Phi) is 5.49. The van der Waals surface area contributed by atoms with Crippen molar-refractivity contribution in [3.05, 3.63) is 29.8 Å². The van der Waals surface area contributed by atoms with E-state index in [0.717, 1.165) is 12.1 Å². The first-order valence-electron chi connectivity index (χ1n) is 5.68. The van der Waals surface area contributed by atoms with Crippen LogP contribution in [0.4, 0.5) is 13.2 Å². The van der Waals surface area contributed by atoms with Crippen LogP contribution in [0.2, 0.25) is 0 Å². The van der Waals surface area contributed by atoms with Crippen molar-refractivity contribution in [2.24, 2.45) is 0 Å². The normalized spacial score (nSPS) is 12.0. The van der Waals surface area contributed by atoms with Gasteiger partial charge in [-0.2, -0.15) is 13.2 Å². The summed E-state index contributed by atoms with van der Waals surface area (Å²) in [4.78, 5) is 20.7. The van der Waals surface area contributed by atoms with Crippen LogP contribution in [0.5, 0.6) is 0 Å². The summed E-state index contributed by atoms with van der Waals surface area (Å²) in [5, 5.41) is 10.2. The Balaban J connectivity index is 2.79. The molecule has 0 fully saturated rings. The Labute approximate surface area is 123 Å². The fraction of sp³-hybridized carbons (Fsp3) is 0.273. The summed E-state index contributed by atoms with van der Waals surface area (Å²) in [6.07, 6.45) is -4.70. The maximum atomic E-state index is 12.5. The van der Waals surface area contributed by atoms with Crippen LogP contribution in [0, 0.1) is 0 Å². The molecule has 1 rings (SSSR count). The van der Waals surface area contributed by atoms with E-state index in [2.05, 4.69) is 0 Å². The van der Waals surface area contributed by atoms with Crippen LogP contribution in [-0.2, 0) is 25.8 Å². The predicted octanol–water partition coefficient (Wildman–Crippen LogP) is 0.185. The van der Waals surface area contributed by atoms with Gasteiger partial charge in [0.2, 0.25) is 15.9 Å². The van der Waals surface area contributed by atoms with Gasteiger partial charge in [0.15, 0.2) is 0 Å². The molecule has 0 saturated heterocycles. The van der Waals surface area contributed by atoms with Crippen LogP contribution in [0.1, 0.15) is 5.56 Å². The molecule has 3 N–H and O–H groups in total. The van der Waals surface area contributed by atoms with E-state index in [-0.39, 0.29) is 0 Å². The lowest BCUT2D eigenvalue weighted by Crippen LogP contribution is -2.39. The molecule has 0 aliphatic carbocycles. The summed E-state index contributed by atoms with van der Waals surface area (Å²) in [5.74, 6) is -2.26. The summed E-state index contributed by atoms with van der Waals surface area (Å²) in [6, 6.07) is 2.99. The molecule has 122 valence electrons. The number of amides is 1. The third-order valence-corrected chi connectivity index (χ3v) is 3.73. The number of carboxylic acids is 1. The minimum Gasteiger partial charge on any atom is -0.480 e. The van der Waals surface area contributed by atoms with Crippen LogP contribution >= 0.6 is 0 Å². The standard InChI is InChI=1S/C11H11F3N2O5S/c12-11(13,14)7-2-1-3-8(4-7)22(20,21)16-5-9(17)15-6-10(18)19/h1-4,16H,5-6H2,(H,15,17)(H,18,19). The van der Waals surface area contributed by atoms with Gasteiger partial charge in [0.05, 0.1) is 17.0 Å². The van der Waals surface area contributed by atoms with Gasteiger partial charge in [0.25, 0.3) is 0 Å². The molecule has 0 radical (unpaired) electrons. The number of hydrogen-bond donors (Lipinski definition) is 3. The Morgan fingerprint density at radius 3 is 2.36 bits per heavy atom. The summed E-state index contributed by atoms with van der Waals surface area (Å²) in [6.45, 7) is -1.50. The molecule has 0 unspecified atom stereocenters. The average molecular weight is 340 g/mol. The van der Waals surface area contributed by atoms with Crippen molar-refractivity contribution >= 4 is 21.9 Å². The molecule has 1 aromatic rings. The van der Waals surface area contributed by atoms with Gasteiger partial charge in [-0.15, -0.1) is 0 Å². The first-order chi connectivity index (χ1) is 10.0. The number of carbonyl (C=O) groups excluding carboxylic acids is 1. The molecule has 22 heavy (non-hydrogen) atoms. The topological polar surface area (TPSA) is 113 Å². The summed E-state index contributed by atoms with van der Waals surface area (Å²) in [5.41, 5.74) is -1.15. The van der Waals surface area contributed by atoms with Crippen LogP contribution < -0.4 is 10.0 Å². The first kappa shape index (κ1) is 17.9. The highest BCUT2D eigenvalue weighted by molar-refractivity contribution is 7.89. The van der Waals surface area contributed by atoms with E-state index < -0.39 is 51.6 Å². The largest absolute Gasteiger partial charge is 0.480 e. The van der Waals surface area contributed by atoms with Gasteiger partial charge < -0.3 is 10.4 Å². The molecule has 0 bridgehead atoms. The highest BCUT2D eigenvalue weighted by atomic mass is 32.2. The lowest BCUT2D eigenvalue weighted by Gasteiger charge is -2.10. The second kappa shape index (κ2) is 6.75. The highest BCUT2D eigenvalue weighted by Gasteiger charge is 2.31. The molecule has 0 spiro atoms. The van der Waals surface area contributed by atoms with Gasteiger partial charge >= 0.3 is 12.1 Å². The van der Waals surface area contributed by atoms with Crippen molar-refractivity contribution in [2.75, 3.05) is 13.1 Å². The third kappa shape index (κ3) is 5.33. The second-order valence-corrected chi connectivity index (χ2v) is 5.79. The van der Waals surface area contributed by atoms with E-state index in [0.29, 0.717) is 12.1 Å². The maximum absolute atomic E-state index is 12.5. The number of sulfonamides is 1. The molecule has 0 atom stereocenters. The molecule has 11 heteroatoms. The zero-order valence-electron chi connectivity index (χ0n) is 10.8. The molecule has 0 heterocycles. The zero-order valence-corrected chi connectivity index (χ0v) is 11.7. The summed E-state index contributed by atoms with van der Waals surface area (Å²) < 4.78 is 62.9. The van der Waals surface area contributed by atoms with E-state index in [9.17, 15) is 31.2 Å². The first-order valence-corrected chi connectivity index (χ1v) is 7.16. The van der Waals surface area contributed by atoms with Gasteiger partial charge in [0.1, 0.15) is 6.54 Å². The SMILES string of the molecule is O=C(O)CNC(=O)CNS(=O)(=O)c1cccc(C(F)(F)F)c1. The van der Waals surface area contributed by atoms with Crippen molar-refractivity contribution in [2.45, 2.75) is 11.1 Å². The van der Waals surface area contributed by atoms with Gasteiger partial charge in [-0.05, 0) is 18.2 Å². The van der Waals surface area contributed by atoms with E-state index in [4.69, 9.17) is 5.11 Å². The number of alkyl halides is 3. The van der Waals surface area contributed by atoms with Crippen molar-refractivity contribution < 1.29 is 36.3 Å². The molecule has 1 amide bonds. The van der Waals surface area contributed by atoms with Crippen molar-refractivity contribution in [1.29, 1.82) is 0 Å². The van der Waals surface area contributed by atoms with Crippen LogP contribution in [-0.4, -0.2) is 38.5 Å². The highest BCUT2D eigenvalue weighted by Crippen LogP contribution is 2.30. The zero-order chi connectivity index (χ0) is 17.0. The third-order valence-electron chi connectivity index (χ3n) is 2.33. The van der Waals surface area contributed by atoms with Gasteiger partial charge in [0, 0.05) is 0 Å². The minimum atomic E-state index is -4.70. The smallest absolute Gasteiger partial charge is 0.416 e. The van der Waals surface area contributed by atoms with Crippen molar-refractivity contribution in [3.8, 4) is 0 Å². The molecular formula is C11H11F3N2O5S. The molecule has 0 aliphatic heterocycles. The van der Waals surface area contributed by atoms with Crippen LogP contribution in [0.25, 0.3) is 0 Å². The number of halogens is 3. The Morgan fingerprint density at radius 1 is 1.18 bits per heavy atom. The van der Waals surface area contributed by atoms with Gasteiger partial charge in [-0.1, -0.05) is 6.07 Å². The summed E-state index contributed by atoms with van der Waals surface area (Å²) in [7, 11) is -4.33. The number of aliphatic carboxylic acids is 1. The van der Waals surface area contributed by atoms with Crippen LogP contribution in [0.15, 0.2) is 29.2 Å². The molecule has 0 saturated carbocycles. The number of carboxylic acid groups (broad SMARTS) is 1. The predicted molar refractivity (Wildman–Crippen MR) is 67.3 cm³/mol. The quantitative estimate of drug-likeness (QED) is 0.684. The maximum Gasteiger partial charge on any atom is 0.416 e. The molecular weight excluding hydrogens is 329 g/mol. The van der Waals surface area contributed by atoms with E-state index in [1.54, 1.807) is 4.72 Å². The van der Waals surface area contributed by atoms with Crippen LogP contribution in [0.3, 0.4) is 0 Å². The number of rotatable bonds is 6. The average Bonchev–Trinajstić information content (AvgIpc) is 2.42. The number of nitrogens with one attached hydrogen (secondary N) is 2. The number of hydrogen-bond acceptors (Lipinski definition) is 4. The Bertz CT molecular complexity index is 673. The lowest BCUT2D eigenvalue weighted by molar-refractivity contribution is -0.138. The van der Waals surface area contributed by atoms with Crippen molar-refractivity contribution in [3.63, 3.8) is 0 Å². The molecule has 0 aromatic heterocycles. The molecule has 0 aliphatic rings. The number of benzene rings is 1. The fourth-order valence-electron chi connectivity index (χ4n) is 1.32. The minimum absolute atomic E-state index is 0.428. The fourth-order valence-corrected chi connectivity index (χ4v) is 2.35. The second-order valence-electron chi connectivity index (χ2n) is 4.02. The van der Waals surface area contributed by atoms with Crippen molar-refractivity contribution in [1.82, 2.24) is 10.0 Å². The Hall–Kier alpha value is -2.14. The Morgan fingerprint density at radius 2 is 1.82 bits per heavy atom. The monoisotopic (exact) mass is 340 g/mol. The van der Waals surface area contributed by atoms with E-state index >= 15 is 0 Å². The van der Waals surface area contributed by atoms with Gasteiger partial charge in [-0.3, -0.25) is 9.59 Å². The van der Waals surface area contributed by atoms with E-state index in [1.807, 2.05) is 5.32 Å². The lowest BCUT2D eigenvalue weighted by atomic mass is 10.2.